The van der Waals surface area contributed by atoms with Gasteiger partial charge in [0, 0.05) is 10.6 Å². The van der Waals surface area contributed by atoms with E-state index >= 15 is 0 Å². The van der Waals surface area contributed by atoms with Crippen molar-refractivity contribution in [2.75, 3.05) is 4.90 Å². The summed E-state index contributed by atoms with van der Waals surface area (Å²) >= 11 is 12.4. The number of amides is 2. The van der Waals surface area contributed by atoms with Crippen LogP contribution < -0.4 is 4.90 Å². The molecular formula is C26H17Cl2N3O3. The number of imide groups is 1. The summed E-state index contributed by atoms with van der Waals surface area (Å²) < 4.78 is 0. The van der Waals surface area contributed by atoms with Crippen molar-refractivity contribution in [2.24, 2.45) is 16.9 Å². The number of ketones is 1. The Morgan fingerprint density at radius 3 is 2.26 bits per heavy atom. The van der Waals surface area contributed by atoms with E-state index in [2.05, 4.69) is 5.10 Å². The number of Topliss-reactive ketones (excluding diaryl/α,β-unsaturated/α-hetero) is 1. The van der Waals surface area contributed by atoms with Gasteiger partial charge >= 0.3 is 0 Å². The molecule has 2 saturated heterocycles. The van der Waals surface area contributed by atoms with E-state index in [9.17, 15) is 14.4 Å². The van der Waals surface area contributed by atoms with E-state index in [1.165, 1.54) is 0 Å². The predicted molar refractivity (Wildman–Crippen MR) is 129 cm³/mol. The number of halogens is 2. The molecule has 0 N–H and O–H groups in total. The topological polar surface area (TPSA) is 70.0 Å². The molecule has 0 unspecified atom stereocenters. The first-order valence-corrected chi connectivity index (χ1v) is 11.6. The summed E-state index contributed by atoms with van der Waals surface area (Å²) in [6.45, 7) is 0. The van der Waals surface area contributed by atoms with E-state index in [-0.39, 0.29) is 11.7 Å². The lowest BCUT2D eigenvalue weighted by atomic mass is 9.83. The van der Waals surface area contributed by atoms with Crippen molar-refractivity contribution in [3.8, 4) is 0 Å². The van der Waals surface area contributed by atoms with Crippen LogP contribution in [-0.2, 0) is 9.59 Å². The van der Waals surface area contributed by atoms with Gasteiger partial charge in [-0.15, -0.1) is 0 Å². The van der Waals surface area contributed by atoms with Crippen LogP contribution in [0.1, 0.15) is 27.5 Å². The van der Waals surface area contributed by atoms with Crippen LogP contribution in [0, 0.1) is 11.8 Å². The molecule has 3 aliphatic heterocycles. The molecule has 0 bridgehead atoms. The Morgan fingerprint density at radius 1 is 0.824 bits per heavy atom. The van der Waals surface area contributed by atoms with Crippen LogP contribution in [0.2, 0.25) is 10.0 Å². The lowest BCUT2D eigenvalue weighted by molar-refractivity contribution is -0.124. The number of anilines is 1. The molecule has 0 saturated carbocycles. The van der Waals surface area contributed by atoms with Crippen molar-refractivity contribution in [1.29, 1.82) is 0 Å². The van der Waals surface area contributed by atoms with Gasteiger partial charge in [0.2, 0.25) is 11.8 Å². The molecule has 0 aromatic heterocycles. The lowest BCUT2D eigenvalue weighted by Gasteiger charge is -2.33. The minimum absolute atomic E-state index is 0.284. The Balaban J connectivity index is 1.51. The molecule has 3 aromatic rings. The number of fused-ring (bicyclic) bond motifs is 5. The fourth-order valence-electron chi connectivity index (χ4n) is 5.32. The third kappa shape index (κ3) is 2.95. The van der Waals surface area contributed by atoms with Crippen molar-refractivity contribution >= 4 is 52.7 Å². The second-order valence-electron chi connectivity index (χ2n) is 8.53. The smallest absolute Gasteiger partial charge is 0.240 e. The molecule has 168 valence electrons. The molecule has 0 spiro atoms. The highest BCUT2D eigenvalue weighted by Crippen LogP contribution is 2.53. The molecule has 4 atom stereocenters. The monoisotopic (exact) mass is 489 g/mol. The minimum atomic E-state index is -0.940. The SMILES string of the molecule is O=C(c1ccc(Cl)cc1)[C@@H]1[C@@H]2C(=O)N(c3ccccc3Cl)C(=O)[C@@H]2[C@@H]2c3ccccc3C=NN12. The molecule has 2 fully saturated rings. The Bertz CT molecular complexity index is 1390. The Kier molecular flexibility index (Phi) is 4.83. The number of carbonyl (C=O) groups is 3. The van der Waals surface area contributed by atoms with Crippen LogP contribution in [0.4, 0.5) is 5.69 Å². The van der Waals surface area contributed by atoms with Crippen LogP contribution in [0.5, 0.6) is 0 Å². The quantitative estimate of drug-likeness (QED) is 0.393. The normalized spacial score (nSPS) is 24.8. The number of carbonyl (C=O) groups excluding carboxylic acids is 3. The van der Waals surface area contributed by atoms with E-state index in [4.69, 9.17) is 23.2 Å². The van der Waals surface area contributed by atoms with E-state index < -0.39 is 29.8 Å². The van der Waals surface area contributed by atoms with Crippen LogP contribution in [0.15, 0.2) is 77.9 Å². The molecular weight excluding hydrogens is 473 g/mol. The zero-order valence-electron chi connectivity index (χ0n) is 17.6. The van der Waals surface area contributed by atoms with Crippen molar-refractivity contribution in [2.45, 2.75) is 12.1 Å². The van der Waals surface area contributed by atoms with E-state index in [1.807, 2.05) is 24.3 Å². The van der Waals surface area contributed by atoms with Crippen molar-refractivity contribution in [3.63, 3.8) is 0 Å². The number of benzene rings is 3. The zero-order valence-corrected chi connectivity index (χ0v) is 19.1. The minimum Gasteiger partial charge on any atom is -0.292 e. The fraction of sp³-hybridized carbons (Fsp3) is 0.154. The Morgan fingerprint density at radius 2 is 1.50 bits per heavy atom. The molecule has 8 heteroatoms. The van der Waals surface area contributed by atoms with Gasteiger partial charge in [-0.1, -0.05) is 59.6 Å². The summed E-state index contributed by atoms with van der Waals surface area (Å²) in [7, 11) is 0. The highest BCUT2D eigenvalue weighted by atomic mass is 35.5. The number of rotatable bonds is 3. The van der Waals surface area contributed by atoms with Gasteiger partial charge in [0.05, 0.1) is 34.8 Å². The fourth-order valence-corrected chi connectivity index (χ4v) is 5.67. The predicted octanol–water partition coefficient (Wildman–Crippen LogP) is 4.75. The highest BCUT2D eigenvalue weighted by Gasteiger charge is 2.65. The number of hydrogen-bond acceptors (Lipinski definition) is 5. The van der Waals surface area contributed by atoms with Crippen LogP contribution >= 0.6 is 23.2 Å². The zero-order chi connectivity index (χ0) is 23.6. The molecule has 3 aromatic carbocycles. The lowest BCUT2D eigenvalue weighted by Crippen LogP contribution is -2.44. The highest BCUT2D eigenvalue weighted by molar-refractivity contribution is 6.36. The number of hydrogen-bond donors (Lipinski definition) is 0. The van der Waals surface area contributed by atoms with Crippen molar-refractivity contribution in [1.82, 2.24) is 5.01 Å². The average Bonchev–Trinajstić information content (AvgIpc) is 3.32. The van der Waals surface area contributed by atoms with Crippen molar-refractivity contribution < 1.29 is 14.4 Å². The molecule has 6 nitrogen and oxygen atoms in total. The third-order valence-electron chi connectivity index (χ3n) is 6.78. The molecule has 34 heavy (non-hydrogen) atoms. The van der Waals surface area contributed by atoms with Gasteiger partial charge in [0.1, 0.15) is 6.04 Å². The van der Waals surface area contributed by atoms with Gasteiger partial charge in [-0.25, -0.2) is 4.90 Å². The van der Waals surface area contributed by atoms with E-state index in [0.29, 0.717) is 21.3 Å². The number of para-hydroxylation sites is 1. The van der Waals surface area contributed by atoms with Crippen molar-refractivity contribution in [3.05, 3.63) is 99.5 Å². The van der Waals surface area contributed by atoms with E-state index in [1.54, 1.807) is 59.8 Å². The summed E-state index contributed by atoms with van der Waals surface area (Å²) in [6.07, 6.45) is 1.68. The Labute approximate surface area is 205 Å². The van der Waals surface area contributed by atoms with Gasteiger partial charge in [0.25, 0.3) is 0 Å². The Hall–Kier alpha value is -3.48. The molecule has 0 radical (unpaired) electrons. The first kappa shape index (κ1) is 21.1. The maximum atomic E-state index is 13.8. The second-order valence-corrected chi connectivity index (χ2v) is 9.37. The van der Waals surface area contributed by atoms with Crippen LogP contribution in [0.3, 0.4) is 0 Å². The van der Waals surface area contributed by atoms with Crippen LogP contribution in [-0.4, -0.2) is 34.9 Å². The van der Waals surface area contributed by atoms with Gasteiger partial charge in [0.15, 0.2) is 5.78 Å². The molecule has 0 aliphatic carbocycles. The first-order chi connectivity index (χ1) is 16.5. The van der Waals surface area contributed by atoms with E-state index in [0.717, 1.165) is 16.0 Å². The maximum Gasteiger partial charge on any atom is 0.240 e. The van der Waals surface area contributed by atoms with Gasteiger partial charge in [-0.3, -0.25) is 19.4 Å². The second kappa shape index (κ2) is 7.79. The summed E-state index contributed by atoms with van der Waals surface area (Å²) in [5.41, 5.74) is 2.45. The van der Waals surface area contributed by atoms with Gasteiger partial charge in [-0.05, 0) is 47.5 Å². The summed E-state index contributed by atoms with van der Waals surface area (Å²) in [6, 6.07) is 19.4. The standard InChI is InChI=1S/C26H17Cl2N3O3/c27-16-11-9-14(10-12-16)24(32)23-21-20(22-17-6-2-1-5-15(17)13-29-31(22)23)25(33)30(26(21)34)19-8-4-3-7-18(19)28/h1-13,20-23H/t20-,21+,22-,23-/m0/s1. The molecule has 6 rings (SSSR count). The maximum absolute atomic E-state index is 13.8. The average molecular weight is 490 g/mol. The largest absolute Gasteiger partial charge is 0.292 e. The molecule has 3 aliphatic rings. The third-order valence-corrected chi connectivity index (χ3v) is 7.36. The summed E-state index contributed by atoms with van der Waals surface area (Å²) in [4.78, 5) is 42.5. The number of hydrazone groups is 1. The van der Waals surface area contributed by atoms with Gasteiger partial charge < -0.3 is 0 Å². The summed E-state index contributed by atoms with van der Waals surface area (Å²) in [5.74, 6) is -2.79. The molecule has 2 amide bonds. The van der Waals surface area contributed by atoms with Crippen LogP contribution in [0.25, 0.3) is 0 Å². The van der Waals surface area contributed by atoms with Gasteiger partial charge in [-0.2, -0.15) is 5.10 Å². The first-order valence-electron chi connectivity index (χ1n) is 10.8. The summed E-state index contributed by atoms with van der Waals surface area (Å²) in [5, 5.41) is 6.99. The number of nitrogens with zero attached hydrogens (tertiary/aromatic N) is 3. The molecule has 3 heterocycles.